The van der Waals surface area contributed by atoms with E-state index in [0.717, 1.165) is 48.9 Å². The number of nitrogens with one attached hydrogen (secondary N) is 2. The summed E-state index contributed by atoms with van der Waals surface area (Å²) in [7, 11) is 3.44. The predicted octanol–water partition coefficient (Wildman–Crippen LogP) is 2.91. The second kappa shape index (κ2) is 12.1. The highest BCUT2D eigenvalue weighted by Crippen LogP contribution is 2.18. The number of morpholine rings is 1. The molecule has 1 unspecified atom stereocenters. The molecular formula is C23H33N5O3. The van der Waals surface area contributed by atoms with E-state index < -0.39 is 0 Å². The Bertz CT molecular complexity index is 828. The van der Waals surface area contributed by atoms with Crippen molar-refractivity contribution in [2.24, 2.45) is 4.99 Å². The van der Waals surface area contributed by atoms with Crippen LogP contribution in [0.15, 0.2) is 47.6 Å². The number of aromatic nitrogens is 1. The van der Waals surface area contributed by atoms with Gasteiger partial charge in [-0.05, 0) is 30.7 Å². The zero-order valence-electron chi connectivity index (χ0n) is 18.6. The average Bonchev–Trinajstić information content (AvgIpc) is 2.80. The third-order valence-corrected chi connectivity index (χ3v) is 4.92. The van der Waals surface area contributed by atoms with Crippen LogP contribution in [-0.4, -0.2) is 64.1 Å². The molecule has 3 rings (SSSR count). The molecule has 0 amide bonds. The maximum atomic E-state index is 5.76. The normalized spacial score (nSPS) is 16.8. The maximum absolute atomic E-state index is 5.76. The molecule has 0 aliphatic carbocycles. The van der Waals surface area contributed by atoms with Gasteiger partial charge in [0.1, 0.15) is 11.6 Å². The highest BCUT2D eigenvalue weighted by molar-refractivity contribution is 5.93. The first-order valence-electron chi connectivity index (χ1n) is 10.7. The SMILES string of the molecule is CN=C(NCc1ccc(N2CCOC(C)C2)nc1)Nc1cccc(OCCCOC)c1. The second-order valence-electron chi connectivity index (χ2n) is 7.43. The maximum Gasteiger partial charge on any atom is 0.195 e. The van der Waals surface area contributed by atoms with E-state index in [1.807, 2.05) is 30.5 Å². The number of rotatable bonds is 9. The fourth-order valence-corrected chi connectivity index (χ4v) is 3.29. The Morgan fingerprint density at radius 1 is 1.29 bits per heavy atom. The molecule has 2 aromatic rings. The summed E-state index contributed by atoms with van der Waals surface area (Å²) in [5.41, 5.74) is 2.00. The Hall–Kier alpha value is -2.84. The summed E-state index contributed by atoms with van der Waals surface area (Å²) in [4.78, 5) is 11.2. The molecule has 1 fully saturated rings. The van der Waals surface area contributed by atoms with Crippen molar-refractivity contribution in [3.8, 4) is 5.75 Å². The second-order valence-corrected chi connectivity index (χ2v) is 7.43. The molecule has 31 heavy (non-hydrogen) atoms. The summed E-state index contributed by atoms with van der Waals surface area (Å²) in [6, 6.07) is 12.0. The number of ether oxygens (including phenoxy) is 3. The summed E-state index contributed by atoms with van der Waals surface area (Å²) in [6.07, 6.45) is 3.00. The highest BCUT2D eigenvalue weighted by Gasteiger charge is 2.17. The van der Waals surface area contributed by atoms with Gasteiger partial charge in [-0.15, -0.1) is 0 Å². The first kappa shape index (κ1) is 22.8. The molecule has 1 aromatic carbocycles. The van der Waals surface area contributed by atoms with E-state index in [9.17, 15) is 0 Å². The summed E-state index contributed by atoms with van der Waals surface area (Å²) in [5.74, 6) is 2.49. The molecule has 0 radical (unpaired) electrons. The Balaban J connectivity index is 1.49. The number of hydrogen-bond donors (Lipinski definition) is 2. The first-order valence-corrected chi connectivity index (χ1v) is 10.7. The van der Waals surface area contributed by atoms with Crippen LogP contribution in [0.4, 0.5) is 11.5 Å². The molecule has 0 spiro atoms. The van der Waals surface area contributed by atoms with E-state index in [-0.39, 0.29) is 6.10 Å². The largest absolute Gasteiger partial charge is 0.493 e. The highest BCUT2D eigenvalue weighted by atomic mass is 16.5. The van der Waals surface area contributed by atoms with Crippen molar-refractivity contribution >= 4 is 17.5 Å². The van der Waals surface area contributed by atoms with Gasteiger partial charge in [0.25, 0.3) is 0 Å². The van der Waals surface area contributed by atoms with Gasteiger partial charge in [0, 0.05) is 64.8 Å². The molecule has 1 saturated heterocycles. The zero-order chi connectivity index (χ0) is 21.9. The molecule has 2 N–H and O–H groups in total. The lowest BCUT2D eigenvalue weighted by Gasteiger charge is -2.32. The van der Waals surface area contributed by atoms with E-state index >= 15 is 0 Å². The van der Waals surface area contributed by atoms with Gasteiger partial charge in [-0.2, -0.15) is 0 Å². The molecular weight excluding hydrogens is 394 g/mol. The fourth-order valence-electron chi connectivity index (χ4n) is 3.29. The van der Waals surface area contributed by atoms with Crippen molar-refractivity contribution in [2.75, 3.05) is 57.3 Å². The predicted molar refractivity (Wildman–Crippen MR) is 124 cm³/mol. The summed E-state index contributed by atoms with van der Waals surface area (Å²) in [5, 5.41) is 6.63. The van der Waals surface area contributed by atoms with Crippen molar-refractivity contribution in [1.82, 2.24) is 10.3 Å². The van der Waals surface area contributed by atoms with E-state index in [1.54, 1.807) is 14.2 Å². The van der Waals surface area contributed by atoms with Gasteiger partial charge in [0.15, 0.2) is 5.96 Å². The van der Waals surface area contributed by atoms with E-state index in [4.69, 9.17) is 14.2 Å². The van der Waals surface area contributed by atoms with Crippen LogP contribution < -0.4 is 20.3 Å². The Morgan fingerprint density at radius 3 is 2.94 bits per heavy atom. The van der Waals surface area contributed by atoms with Gasteiger partial charge in [-0.1, -0.05) is 12.1 Å². The van der Waals surface area contributed by atoms with Crippen LogP contribution in [0.1, 0.15) is 18.9 Å². The summed E-state index contributed by atoms with van der Waals surface area (Å²) in [6.45, 7) is 6.52. The van der Waals surface area contributed by atoms with Gasteiger partial charge in [-0.3, -0.25) is 4.99 Å². The van der Waals surface area contributed by atoms with Crippen molar-refractivity contribution in [1.29, 1.82) is 0 Å². The summed E-state index contributed by atoms with van der Waals surface area (Å²) >= 11 is 0. The number of hydrogen-bond acceptors (Lipinski definition) is 6. The quantitative estimate of drug-likeness (QED) is 0.362. The van der Waals surface area contributed by atoms with Gasteiger partial charge in [0.2, 0.25) is 0 Å². The minimum atomic E-state index is 0.237. The van der Waals surface area contributed by atoms with Crippen LogP contribution in [0.2, 0.25) is 0 Å². The lowest BCUT2D eigenvalue weighted by Crippen LogP contribution is -2.41. The molecule has 0 saturated carbocycles. The zero-order valence-corrected chi connectivity index (χ0v) is 18.6. The van der Waals surface area contributed by atoms with Crippen LogP contribution >= 0.6 is 0 Å². The minimum Gasteiger partial charge on any atom is -0.493 e. The summed E-state index contributed by atoms with van der Waals surface area (Å²) < 4.78 is 16.4. The van der Waals surface area contributed by atoms with Crippen LogP contribution in [0.3, 0.4) is 0 Å². The lowest BCUT2D eigenvalue weighted by atomic mass is 10.2. The van der Waals surface area contributed by atoms with Gasteiger partial charge < -0.3 is 29.7 Å². The van der Waals surface area contributed by atoms with Crippen LogP contribution in [0, 0.1) is 0 Å². The molecule has 8 heteroatoms. The molecule has 2 heterocycles. The third-order valence-electron chi connectivity index (χ3n) is 4.92. The standard InChI is InChI=1S/C23H33N5O3/c1-18-17-28(10-13-30-18)22-9-8-19(15-25-22)16-26-23(24-2)27-20-6-4-7-21(14-20)31-12-5-11-29-3/h4,6-9,14-15,18H,5,10-13,16-17H2,1-3H3,(H2,24,26,27). The Kier molecular flexibility index (Phi) is 8.93. The Morgan fingerprint density at radius 2 is 2.19 bits per heavy atom. The molecule has 168 valence electrons. The number of guanidine groups is 1. The van der Waals surface area contributed by atoms with Crippen molar-refractivity contribution in [3.63, 3.8) is 0 Å². The van der Waals surface area contributed by atoms with Gasteiger partial charge in [-0.25, -0.2) is 4.98 Å². The minimum absolute atomic E-state index is 0.237. The Labute approximate surface area is 184 Å². The first-order chi connectivity index (χ1) is 15.2. The van der Waals surface area contributed by atoms with Crippen molar-refractivity contribution < 1.29 is 14.2 Å². The van der Waals surface area contributed by atoms with Gasteiger partial charge in [0.05, 0.1) is 19.3 Å². The fraction of sp³-hybridized carbons (Fsp3) is 0.478. The smallest absolute Gasteiger partial charge is 0.195 e. The van der Waals surface area contributed by atoms with Crippen LogP contribution in [0.5, 0.6) is 5.75 Å². The monoisotopic (exact) mass is 427 g/mol. The molecule has 1 aliphatic heterocycles. The lowest BCUT2D eigenvalue weighted by molar-refractivity contribution is 0.0529. The molecule has 0 bridgehead atoms. The van der Waals surface area contributed by atoms with E-state index in [2.05, 4.69) is 44.6 Å². The number of benzene rings is 1. The number of aliphatic imine (C=N–C) groups is 1. The van der Waals surface area contributed by atoms with E-state index in [1.165, 1.54) is 0 Å². The molecule has 1 atom stereocenters. The number of nitrogens with zero attached hydrogens (tertiary/aromatic N) is 3. The van der Waals surface area contributed by atoms with E-state index in [0.29, 0.717) is 25.7 Å². The van der Waals surface area contributed by atoms with Crippen molar-refractivity contribution in [2.45, 2.75) is 26.0 Å². The molecule has 8 nitrogen and oxygen atoms in total. The molecule has 1 aromatic heterocycles. The topological polar surface area (TPSA) is 80.2 Å². The number of anilines is 2. The number of methoxy groups -OCH3 is 1. The third kappa shape index (κ3) is 7.41. The van der Waals surface area contributed by atoms with Gasteiger partial charge >= 0.3 is 0 Å². The number of pyridine rings is 1. The molecule has 1 aliphatic rings. The van der Waals surface area contributed by atoms with Crippen molar-refractivity contribution in [3.05, 3.63) is 48.2 Å². The van der Waals surface area contributed by atoms with Crippen LogP contribution in [-0.2, 0) is 16.0 Å². The average molecular weight is 428 g/mol. The van der Waals surface area contributed by atoms with Crippen LogP contribution in [0.25, 0.3) is 0 Å².